The predicted octanol–water partition coefficient (Wildman–Crippen LogP) is 5.43. The van der Waals surface area contributed by atoms with Crippen molar-refractivity contribution < 1.29 is 27.4 Å². The molecule has 0 spiro atoms. The van der Waals surface area contributed by atoms with Crippen molar-refractivity contribution in [2.24, 2.45) is 5.41 Å². The SMILES string of the molecule is CC1(C)CC(OCCNc2cccc(SNC(=O)c3ccc(-n4ccc(OCCC5(C(F)(F)F)CC5)n4)nc3Cl)n2)CN1. The third kappa shape index (κ3) is 8.11. The maximum absolute atomic E-state index is 13.1. The summed E-state index contributed by atoms with van der Waals surface area (Å²) in [7, 11) is 0. The first kappa shape index (κ1) is 31.4. The lowest BCUT2D eigenvalue weighted by molar-refractivity contribution is -0.190. The summed E-state index contributed by atoms with van der Waals surface area (Å²) in [4.78, 5) is 21.5. The van der Waals surface area contributed by atoms with Crippen molar-refractivity contribution >= 4 is 35.3 Å². The average Bonchev–Trinajstić information content (AvgIpc) is 3.48. The van der Waals surface area contributed by atoms with Crippen LogP contribution in [0.2, 0.25) is 5.15 Å². The van der Waals surface area contributed by atoms with Gasteiger partial charge in [-0.1, -0.05) is 17.7 Å². The number of nitrogens with one attached hydrogen (secondary N) is 3. The van der Waals surface area contributed by atoms with Crippen molar-refractivity contribution in [3.8, 4) is 11.7 Å². The first-order chi connectivity index (χ1) is 20.4. The van der Waals surface area contributed by atoms with Crippen molar-refractivity contribution in [3.05, 3.63) is 53.3 Å². The van der Waals surface area contributed by atoms with E-state index in [1.165, 1.54) is 16.8 Å². The van der Waals surface area contributed by atoms with Crippen LogP contribution in [-0.2, 0) is 4.74 Å². The molecule has 1 saturated carbocycles. The van der Waals surface area contributed by atoms with E-state index < -0.39 is 17.5 Å². The Bertz CT molecular complexity index is 1430. The zero-order chi connectivity index (χ0) is 30.7. The third-order valence-electron chi connectivity index (χ3n) is 7.44. The molecule has 0 radical (unpaired) electrons. The normalized spacial score (nSPS) is 18.8. The van der Waals surface area contributed by atoms with Crippen LogP contribution in [0.1, 0.15) is 49.9 Å². The fourth-order valence-electron chi connectivity index (χ4n) is 4.76. The number of ether oxygens (including phenoxy) is 2. The van der Waals surface area contributed by atoms with Gasteiger partial charge < -0.3 is 20.1 Å². The minimum atomic E-state index is -4.22. The van der Waals surface area contributed by atoms with Crippen LogP contribution in [-0.4, -0.2) is 69.8 Å². The van der Waals surface area contributed by atoms with Gasteiger partial charge >= 0.3 is 6.18 Å². The number of hydrogen-bond donors (Lipinski definition) is 3. The van der Waals surface area contributed by atoms with E-state index in [0.29, 0.717) is 29.8 Å². The molecule has 232 valence electrons. The largest absolute Gasteiger partial charge is 0.477 e. The van der Waals surface area contributed by atoms with Crippen LogP contribution in [0.15, 0.2) is 47.6 Å². The lowest BCUT2D eigenvalue weighted by Gasteiger charge is -2.18. The van der Waals surface area contributed by atoms with Crippen LogP contribution in [0.3, 0.4) is 0 Å². The minimum absolute atomic E-state index is 0.0429. The van der Waals surface area contributed by atoms with Crippen molar-refractivity contribution in [1.29, 1.82) is 0 Å². The van der Waals surface area contributed by atoms with Gasteiger partial charge in [-0.25, -0.2) is 14.6 Å². The zero-order valence-electron chi connectivity index (χ0n) is 23.7. The summed E-state index contributed by atoms with van der Waals surface area (Å²) in [6, 6.07) is 10.0. The molecular weight excluding hydrogens is 607 g/mol. The second-order valence-corrected chi connectivity index (χ2v) is 12.5. The monoisotopic (exact) mass is 639 g/mol. The molecular formula is C28H33ClF3N7O3S. The van der Waals surface area contributed by atoms with Gasteiger partial charge in [-0.2, -0.15) is 13.2 Å². The maximum atomic E-state index is 13.1. The average molecular weight is 640 g/mol. The summed E-state index contributed by atoms with van der Waals surface area (Å²) in [5.41, 5.74) is -1.38. The molecule has 1 unspecified atom stereocenters. The van der Waals surface area contributed by atoms with Crippen LogP contribution < -0.4 is 20.1 Å². The number of anilines is 1. The number of nitrogens with zero attached hydrogens (tertiary/aromatic N) is 4. The first-order valence-electron chi connectivity index (χ1n) is 13.9. The van der Waals surface area contributed by atoms with Gasteiger partial charge in [0.2, 0.25) is 5.88 Å². The molecule has 2 aliphatic rings. The van der Waals surface area contributed by atoms with E-state index >= 15 is 0 Å². The van der Waals surface area contributed by atoms with E-state index in [9.17, 15) is 18.0 Å². The molecule has 3 aromatic rings. The van der Waals surface area contributed by atoms with Gasteiger partial charge in [-0.15, -0.1) is 5.10 Å². The van der Waals surface area contributed by atoms with E-state index in [0.717, 1.165) is 24.9 Å². The summed E-state index contributed by atoms with van der Waals surface area (Å²) >= 11 is 7.35. The zero-order valence-corrected chi connectivity index (χ0v) is 25.3. The van der Waals surface area contributed by atoms with Gasteiger partial charge in [-0.05, 0) is 63.8 Å². The lowest BCUT2D eigenvalue weighted by Crippen LogP contribution is -2.31. The van der Waals surface area contributed by atoms with E-state index in [-0.39, 0.29) is 54.1 Å². The second kappa shape index (κ2) is 12.9. The van der Waals surface area contributed by atoms with Crippen LogP contribution in [0.4, 0.5) is 19.0 Å². The van der Waals surface area contributed by atoms with Gasteiger partial charge in [0.1, 0.15) is 16.0 Å². The summed E-state index contributed by atoms with van der Waals surface area (Å²) < 4.78 is 54.7. The highest BCUT2D eigenvalue weighted by Gasteiger charge is 2.62. The van der Waals surface area contributed by atoms with Crippen LogP contribution in [0.25, 0.3) is 5.82 Å². The number of aromatic nitrogens is 4. The molecule has 43 heavy (non-hydrogen) atoms. The number of pyridine rings is 2. The fraction of sp³-hybridized carbons (Fsp3) is 0.500. The Balaban J connectivity index is 1.08. The van der Waals surface area contributed by atoms with Gasteiger partial charge in [0, 0.05) is 42.8 Å². The fourth-order valence-corrected chi connectivity index (χ4v) is 5.59. The molecule has 1 amide bonds. The van der Waals surface area contributed by atoms with Crippen LogP contribution in [0.5, 0.6) is 5.88 Å². The molecule has 0 bridgehead atoms. The number of carbonyl (C=O) groups excluding carboxylic acids is 1. The maximum Gasteiger partial charge on any atom is 0.394 e. The molecule has 3 N–H and O–H groups in total. The quantitative estimate of drug-likeness (QED) is 0.128. The molecule has 1 atom stereocenters. The number of hydrogen-bond acceptors (Lipinski definition) is 9. The number of carbonyl (C=O) groups is 1. The predicted molar refractivity (Wildman–Crippen MR) is 157 cm³/mol. The Morgan fingerprint density at radius 1 is 1.19 bits per heavy atom. The number of rotatable bonds is 13. The minimum Gasteiger partial charge on any atom is -0.477 e. The third-order valence-corrected chi connectivity index (χ3v) is 8.46. The van der Waals surface area contributed by atoms with Gasteiger partial charge in [0.15, 0.2) is 5.82 Å². The van der Waals surface area contributed by atoms with Crippen molar-refractivity contribution in [2.45, 2.75) is 62.4 Å². The molecule has 15 heteroatoms. The van der Waals surface area contributed by atoms with E-state index in [1.807, 2.05) is 12.1 Å². The highest BCUT2D eigenvalue weighted by atomic mass is 35.5. The van der Waals surface area contributed by atoms with Crippen molar-refractivity contribution in [3.63, 3.8) is 0 Å². The Labute approximate surface area is 256 Å². The number of amides is 1. The van der Waals surface area contributed by atoms with Gasteiger partial charge in [0.05, 0.1) is 30.3 Å². The summed E-state index contributed by atoms with van der Waals surface area (Å²) in [6.45, 7) is 6.22. The Kier molecular flexibility index (Phi) is 9.40. The molecule has 4 heterocycles. The van der Waals surface area contributed by atoms with Gasteiger partial charge in [-0.3, -0.25) is 9.52 Å². The molecule has 10 nitrogen and oxygen atoms in total. The summed E-state index contributed by atoms with van der Waals surface area (Å²) in [6.07, 6.45) is -1.37. The molecule has 5 rings (SSSR count). The molecule has 1 aliphatic carbocycles. The smallest absolute Gasteiger partial charge is 0.394 e. The Morgan fingerprint density at radius 2 is 2.00 bits per heavy atom. The molecule has 1 aliphatic heterocycles. The van der Waals surface area contributed by atoms with Crippen molar-refractivity contribution in [1.82, 2.24) is 29.8 Å². The Morgan fingerprint density at radius 3 is 2.70 bits per heavy atom. The number of alkyl halides is 3. The van der Waals surface area contributed by atoms with Crippen LogP contribution >= 0.6 is 23.5 Å². The molecule has 1 saturated heterocycles. The lowest BCUT2D eigenvalue weighted by atomic mass is 10.0. The topological polar surface area (TPSA) is 115 Å². The van der Waals surface area contributed by atoms with Gasteiger partial charge in [0.25, 0.3) is 5.91 Å². The summed E-state index contributed by atoms with van der Waals surface area (Å²) in [5, 5.41) is 11.4. The number of halogens is 4. The highest BCUT2D eigenvalue weighted by molar-refractivity contribution is 7.97. The summed E-state index contributed by atoms with van der Waals surface area (Å²) in [5.74, 6) is 0.682. The van der Waals surface area contributed by atoms with Crippen LogP contribution in [0, 0.1) is 5.41 Å². The molecule has 2 fully saturated rings. The van der Waals surface area contributed by atoms with E-state index in [1.54, 1.807) is 18.3 Å². The molecule has 3 aromatic heterocycles. The standard InChI is InChI=1S/C28H33ClF3N7O3S/c1-26(2)16-18(17-34-26)41-15-12-33-20-4-3-5-23(35-20)43-38-25(40)19-6-7-21(36-24(19)29)39-13-8-22(37-39)42-14-11-27(9-10-27)28(30,31)32/h3-8,13,18,34H,9-12,14-17H2,1-2H3,(H,33,35)(H,38,40). The first-order valence-corrected chi connectivity index (χ1v) is 15.1. The second-order valence-electron chi connectivity index (χ2n) is 11.3. The highest BCUT2D eigenvalue weighted by Crippen LogP contribution is 2.59. The molecule has 0 aromatic carbocycles. The van der Waals surface area contributed by atoms with E-state index in [2.05, 4.69) is 44.3 Å². The van der Waals surface area contributed by atoms with E-state index in [4.69, 9.17) is 21.1 Å². The van der Waals surface area contributed by atoms with Crippen molar-refractivity contribution in [2.75, 3.05) is 31.6 Å². The Hall–Kier alpha value is -3.07.